The largest absolute Gasteiger partial charge is 0.481 e. The van der Waals surface area contributed by atoms with E-state index in [9.17, 15) is 19.2 Å². The van der Waals surface area contributed by atoms with Crippen molar-refractivity contribution in [1.29, 1.82) is 5.26 Å². The van der Waals surface area contributed by atoms with Gasteiger partial charge in [0, 0.05) is 17.3 Å². The molecule has 6 nitrogen and oxygen atoms in total. The van der Waals surface area contributed by atoms with Gasteiger partial charge in [0.15, 0.2) is 12.4 Å². The third-order valence-corrected chi connectivity index (χ3v) is 3.79. The number of ether oxygens (including phenoxy) is 1. The molecule has 120 valence electrons. The smallest absolute Gasteiger partial charge is 0.262 e. The van der Waals surface area contributed by atoms with Gasteiger partial charge in [-0.2, -0.15) is 5.26 Å². The highest BCUT2D eigenvalue weighted by Gasteiger charge is 2.28. The summed E-state index contributed by atoms with van der Waals surface area (Å²) in [4.78, 5) is 24.2. The predicted octanol–water partition coefficient (Wildman–Crippen LogP) is 2.49. The van der Waals surface area contributed by atoms with E-state index in [1.165, 1.54) is 12.1 Å². The summed E-state index contributed by atoms with van der Waals surface area (Å²) in [5.41, 5.74) is 5.43. The molecule has 1 heterocycles. The molecular formula is C16H9ClFN3O3. The lowest BCUT2D eigenvalue weighted by molar-refractivity contribution is -0.118. The Morgan fingerprint density at radius 3 is 2.88 bits per heavy atom. The molecule has 0 bridgehead atoms. The Bertz CT molecular complexity index is 937. The third kappa shape index (κ3) is 2.53. The maximum atomic E-state index is 13.4. The molecule has 1 amide bonds. The molecule has 8 heteroatoms. The number of nitriles is 1. The summed E-state index contributed by atoms with van der Waals surface area (Å²) in [6.07, 6.45) is 0. The quantitative estimate of drug-likeness (QED) is 0.642. The van der Waals surface area contributed by atoms with Gasteiger partial charge in [0.2, 0.25) is 0 Å². The molecule has 0 fully saturated rings. The molecule has 0 radical (unpaired) electrons. The van der Waals surface area contributed by atoms with Crippen molar-refractivity contribution in [3.8, 4) is 11.8 Å². The number of rotatable bonds is 2. The van der Waals surface area contributed by atoms with Gasteiger partial charge < -0.3 is 15.8 Å². The van der Waals surface area contributed by atoms with Crippen molar-refractivity contribution in [2.24, 2.45) is 0 Å². The van der Waals surface area contributed by atoms with Crippen molar-refractivity contribution in [2.75, 3.05) is 17.7 Å². The number of anilines is 2. The van der Waals surface area contributed by atoms with Crippen LogP contribution in [0.15, 0.2) is 24.3 Å². The van der Waals surface area contributed by atoms with Gasteiger partial charge in [-0.05, 0) is 18.2 Å². The number of nitrogen functional groups attached to an aromatic ring is 1. The highest BCUT2D eigenvalue weighted by atomic mass is 35.5. The summed E-state index contributed by atoms with van der Waals surface area (Å²) >= 11 is 5.95. The Morgan fingerprint density at radius 2 is 2.17 bits per heavy atom. The number of halogens is 2. The number of ketones is 1. The Balaban J connectivity index is 2.23. The molecule has 3 N–H and O–H groups in total. The molecule has 1 aliphatic heterocycles. The molecule has 0 saturated heterocycles. The van der Waals surface area contributed by atoms with Gasteiger partial charge in [-0.25, -0.2) is 4.39 Å². The minimum absolute atomic E-state index is 0.0164. The average molecular weight is 346 g/mol. The number of nitrogens with two attached hydrogens (primary N) is 1. The fourth-order valence-electron chi connectivity index (χ4n) is 2.40. The maximum absolute atomic E-state index is 13.4. The van der Waals surface area contributed by atoms with Crippen LogP contribution in [0.25, 0.3) is 0 Å². The minimum Gasteiger partial charge on any atom is -0.481 e. The van der Waals surface area contributed by atoms with E-state index in [1.54, 1.807) is 0 Å². The maximum Gasteiger partial charge on any atom is 0.262 e. The van der Waals surface area contributed by atoms with Gasteiger partial charge in [0.1, 0.15) is 23.3 Å². The van der Waals surface area contributed by atoms with E-state index in [2.05, 4.69) is 5.32 Å². The van der Waals surface area contributed by atoms with Crippen LogP contribution in [0.3, 0.4) is 0 Å². The van der Waals surface area contributed by atoms with E-state index in [0.29, 0.717) is 0 Å². The predicted molar refractivity (Wildman–Crippen MR) is 84.5 cm³/mol. The normalized spacial score (nSPS) is 12.6. The van der Waals surface area contributed by atoms with E-state index in [-0.39, 0.29) is 45.4 Å². The summed E-state index contributed by atoms with van der Waals surface area (Å²) in [7, 11) is 0. The first-order valence-corrected chi connectivity index (χ1v) is 7.09. The molecular weight excluding hydrogens is 337 g/mol. The highest BCUT2D eigenvalue weighted by molar-refractivity contribution is 6.35. The summed E-state index contributed by atoms with van der Waals surface area (Å²) < 4.78 is 18.6. The van der Waals surface area contributed by atoms with Gasteiger partial charge in [-0.1, -0.05) is 11.6 Å². The number of nitrogens with one attached hydrogen (secondary N) is 1. The molecule has 2 aromatic carbocycles. The van der Waals surface area contributed by atoms with E-state index < -0.39 is 17.5 Å². The fourth-order valence-corrected chi connectivity index (χ4v) is 2.60. The van der Waals surface area contributed by atoms with Crippen LogP contribution in [0.1, 0.15) is 21.5 Å². The minimum atomic E-state index is -0.726. The number of fused-ring (bicyclic) bond motifs is 1. The molecule has 0 atom stereocenters. The van der Waals surface area contributed by atoms with Crippen LogP contribution >= 0.6 is 11.6 Å². The number of carbonyl (C=O) groups excluding carboxylic acids is 2. The third-order valence-electron chi connectivity index (χ3n) is 3.46. The van der Waals surface area contributed by atoms with Crippen LogP contribution in [0, 0.1) is 17.1 Å². The highest BCUT2D eigenvalue weighted by Crippen LogP contribution is 2.38. The van der Waals surface area contributed by atoms with Crippen molar-refractivity contribution >= 4 is 34.7 Å². The van der Waals surface area contributed by atoms with Crippen LogP contribution < -0.4 is 15.8 Å². The lowest BCUT2D eigenvalue weighted by atomic mass is 9.95. The summed E-state index contributed by atoms with van der Waals surface area (Å²) in [5, 5.41) is 11.9. The van der Waals surface area contributed by atoms with Crippen LogP contribution in [0.2, 0.25) is 5.02 Å². The Labute approximate surface area is 140 Å². The fraction of sp³-hybridized carbons (Fsp3) is 0.0625. The zero-order valence-electron chi connectivity index (χ0n) is 12.0. The number of carbonyl (C=O) groups is 2. The van der Waals surface area contributed by atoms with Crippen molar-refractivity contribution in [2.45, 2.75) is 0 Å². The summed E-state index contributed by atoms with van der Waals surface area (Å²) in [6.45, 7) is -0.222. The number of amides is 1. The molecule has 24 heavy (non-hydrogen) atoms. The van der Waals surface area contributed by atoms with E-state index in [0.717, 1.165) is 12.1 Å². The second-order valence-corrected chi connectivity index (χ2v) is 5.40. The zero-order valence-corrected chi connectivity index (χ0v) is 12.8. The summed E-state index contributed by atoms with van der Waals surface area (Å²) in [5.74, 6) is -1.66. The van der Waals surface area contributed by atoms with Gasteiger partial charge in [-0.3, -0.25) is 9.59 Å². The van der Waals surface area contributed by atoms with Crippen LogP contribution in [-0.4, -0.2) is 18.3 Å². The molecule has 3 rings (SSSR count). The molecule has 1 aliphatic rings. The Kier molecular flexibility index (Phi) is 3.83. The van der Waals surface area contributed by atoms with Gasteiger partial charge in [-0.15, -0.1) is 0 Å². The van der Waals surface area contributed by atoms with E-state index in [1.807, 2.05) is 6.07 Å². The standard InChI is InChI=1S/C16H9ClFN3O3/c17-10-2-1-7(18)3-8(10)16(23)14-9(5-19)15-12(4-11(14)20)24-6-13(22)21-15/h1-4H,6,20H2,(H,21,22). The first-order chi connectivity index (χ1) is 11.4. The van der Waals surface area contributed by atoms with Crippen LogP contribution in [0.4, 0.5) is 15.8 Å². The molecule has 2 aromatic rings. The van der Waals surface area contributed by atoms with E-state index in [4.69, 9.17) is 22.1 Å². The SMILES string of the molecule is N#Cc1c2c(cc(N)c1C(=O)c1cc(F)ccc1Cl)OCC(=O)N2. The number of hydrogen-bond donors (Lipinski definition) is 2. The lowest BCUT2D eigenvalue weighted by Crippen LogP contribution is -2.27. The van der Waals surface area contributed by atoms with Crippen molar-refractivity contribution in [3.05, 3.63) is 51.8 Å². The van der Waals surface area contributed by atoms with Gasteiger partial charge >= 0.3 is 0 Å². The average Bonchev–Trinajstić information content (AvgIpc) is 2.55. The summed E-state index contributed by atoms with van der Waals surface area (Å²) in [6, 6.07) is 6.46. The van der Waals surface area contributed by atoms with Crippen molar-refractivity contribution in [3.63, 3.8) is 0 Å². The number of hydrogen-bond acceptors (Lipinski definition) is 5. The number of benzene rings is 2. The van der Waals surface area contributed by atoms with Gasteiger partial charge in [0.25, 0.3) is 5.91 Å². The topological polar surface area (TPSA) is 105 Å². The first-order valence-electron chi connectivity index (χ1n) is 6.71. The van der Waals surface area contributed by atoms with Crippen LogP contribution in [0.5, 0.6) is 5.75 Å². The second-order valence-electron chi connectivity index (χ2n) is 4.99. The zero-order chi connectivity index (χ0) is 17.4. The Morgan fingerprint density at radius 1 is 1.42 bits per heavy atom. The van der Waals surface area contributed by atoms with Crippen LogP contribution in [-0.2, 0) is 4.79 Å². The molecule has 0 saturated carbocycles. The Hall–Kier alpha value is -3.11. The molecule has 0 unspecified atom stereocenters. The van der Waals surface area contributed by atoms with E-state index >= 15 is 0 Å². The van der Waals surface area contributed by atoms with Gasteiger partial charge in [0.05, 0.1) is 16.1 Å². The second kappa shape index (κ2) is 5.83. The number of nitrogens with zero attached hydrogens (tertiary/aromatic N) is 1. The van der Waals surface area contributed by atoms with Crippen molar-refractivity contribution in [1.82, 2.24) is 0 Å². The molecule has 0 spiro atoms. The monoisotopic (exact) mass is 345 g/mol. The van der Waals surface area contributed by atoms with Crippen molar-refractivity contribution < 1.29 is 18.7 Å². The first kappa shape index (κ1) is 15.8. The lowest BCUT2D eigenvalue weighted by Gasteiger charge is -2.21. The molecule has 0 aromatic heterocycles. The molecule has 0 aliphatic carbocycles.